The second kappa shape index (κ2) is 11.6. The van der Waals surface area contributed by atoms with Gasteiger partial charge in [-0.2, -0.15) is 0 Å². The molecule has 2 aliphatic carbocycles. The summed E-state index contributed by atoms with van der Waals surface area (Å²) >= 11 is 0. The summed E-state index contributed by atoms with van der Waals surface area (Å²) in [5, 5.41) is 6.03. The number of aromatic nitrogens is 3. The minimum Gasteiger partial charge on any atom is -0.493 e. The van der Waals surface area contributed by atoms with Crippen LogP contribution in [-0.2, 0) is 4.74 Å². The molecule has 2 fully saturated rings. The first-order valence-corrected chi connectivity index (χ1v) is 14.2. The van der Waals surface area contributed by atoms with Gasteiger partial charge in [-0.25, -0.2) is 23.5 Å². The third kappa shape index (κ3) is 6.94. The van der Waals surface area contributed by atoms with Gasteiger partial charge in [-0.1, -0.05) is 0 Å². The first-order valence-electron chi connectivity index (χ1n) is 14.2. The van der Waals surface area contributed by atoms with Crippen molar-refractivity contribution in [3.63, 3.8) is 0 Å². The molecule has 2 aromatic heterocycles. The molecule has 3 N–H and O–H groups in total. The lowest BCUT2D eigenvalue weighted by molar-refractivity contribution is 0.0488. The van der Waals surface area contributed by atoms with E-state index in [1.54, 1.807) is 13.0 Å². The molecule has 11 heteroatoms. The number of hydrogen-bond donors (Lipinski definition) is 3. The van der Waals surface area contributed by atoms with Gasteiger partial charge in [0.25, 0.3) is 12.3 Å². The van der Waals surface area contributed by atoms with Crippen molar-refractivity contribution in [2.24, 2.45) is 5.92 Å². The predicted molar refractivity (Wildman–Crippen MR) is 150 cm³/mol. The molecule has 220 valence electrons. The first kappa shape index (κ1) is 28.8. The number of ether oxygens (including phenoxy) is 2. The van der Waals surface area contributed by atoms with E-state index >= 15 is 0 Å². The number of nitrogens with zero attached hydrogens (tertiary/aromatic N) is 2. The monoisotopic (exact) mass is 569 g/mol. The maximum Gasteiger partial charge on any atom is 0.407 e. The molecule has 2 heterocycles. The quantitative estimate of drug-likeness (QED) is 0.296. The molecule has 0 unspecified atom stereocenters. The summed E-state index contributed by atoms with van der Waals surface area (Å²) in [4.78, 5) is 37.6. The van der Waals surface area contributed by atoms with Crippen molar-refractivity contribution in [3.05, 3.63) is 41.3 Å². The Bertz CT molecular complexity index is 1420. The molecule has 0 atom stereocenters. The summed E-state index contributed by atoms with van der Waals surface area (Å²) in [7, 11) is 0. The van der Waals surface area contributed by atoms with E-state index in [1.807, 2.05) is 20.8 Å². The maximum absolute atomic E-state index is 13.6. The van der Waals surface area contributed by atoms with Gasteiger partial charge >= 0.3 is 6.09 Å². The van der Waals surface area contributed by atoms with E-state index in [-0.39, 0.29) is 23.6 Å². The number of carbonyl (C=O) groups is 2. The number of aromatic amines is 1. The Balaban J connectivity index is 1.33. The molecule has 0 saturated heterocycles. The molecule has 41 heavy (non-hydrogen) atoms. The molecule has 0 radical (unpaired) electrons. The van der Waals surface area contributed by atoms with Gasteiger partial charge in [0.05, 0.1) is 17.7 Å². The fraction of sp³-hybridized carbons (Fsp3) is 0.533. The largest absolute Gasteiger partial charge is 0.493 e. The number of benzene rings is 1. The standard InChI is InChI=1S/C30H37F2N5O4/c1-16-23(28(38)36-19-8-10-20(11-9-19)37-29(39)41-30(2,3)4)25-26(35-16)24(33-15-34-25)21-13-18(27(31)32)7-12-22(21)40-14-17-5-6-17/h7,12-13,15,17,19-20,27,35H,5-6,8-11,14H2,1-4H3,(H,36,38)(H,37,39). The summed E-state index contributed by atoms with van der Waals surface area (Å²) in [6.45, 7) is 7.76. The highest BCUT2D eigenvalue weighted by atomic mass is 19.3. The van der Waals surface area contributed by atoms with Crippen LogP contribution in [0.2, 0.25) is 0 Å². The predicted octanol–water partition coefficient (Wildman–Crippen LogP) is 6.23. The maximum atomic E-state index is 13.6. The third-order valence-corrected chi connectivity index (χ3v) is 7.46. The molecule has 0 bridgehead atoms. The van der Waals surface area contributed by atoms with Crippen LogP contribution in [0.1, 0.15) is 87.3 Å². The van der Waals surface area contributed by atoms with E-state index in [4.69, 9.17) is 9.47 Å². The fourth-order valence-corrected chi connectivity index (χ4v) is 5.20. The van der Waals surface area contributed by atoms with Crippen molar-refractivity contribution in [1.29, 1.82) is 0 Å². The van der Waals surface area contributed by atoms with Crippen molar-refractivity contribution >= 4 is 23.0 Å². The average Bonchev–Trinajstić information content (AvgIpc) is 3.66. The zero-order valence-corrected chi connectivity index (χ0v) is 23.9. The number of fused-ring (bicyclic) bond motifs is 1. The van der Waals surface area contributed by atoms with Crippen molar-refractivity contribution in [1.82, 2.24) is 25.6 Å². The van der Waals surface area contributed by atoms with Gasteiger partial charge in [-0.15, -0.1) is 0 Å². The van der Waals surface area contributed by atoms with Crippen molar-refractivity contribution in [2.75, 3.05) is 6.61 Å². The van der Waals surface area contributed by atoms with Crippen molar-refractivity contribution < 1.29 is 27.8 Å². The number of nitrogens with one attached hydrogen (secondary N) is 3. The Labute approximate surface area is 237 Å². The molecule has 0 aliphatic heterocycles. The number of amides is 2. The van der Waals surface area contributed by atoms with E-state index in [0.717, 1.165) is 12.8 Å². The third-order valence-electron chi connectivity index (χ3n) is 7.46. The zero-order valence-electron chi connectivity index (χ0n) is 23.9. The van der Waals surface area contributed by atoms with Crippen LogP contribution in [0, 0.1) is 12.8 Å². The Morgan fingerprint density at radius 3 is 2.37 bits per heavy atom. The van der Waals surface area contributed by atoms with Crippen LogP contribution >= 0.6 is 0 Å². The van der Waals surface area contributed by atoms with Crippen LogP contribution in [0.15, 0.2) is 24.5 Å². The van der Waals surface area contributed by atoms with Gasteiger partial charge in [0.1, 0.15) is 28.9 Å². The summed E-state index contributed by atoms with van der Waals surface area (Å²) < 4.78 is 38.6. The summed E-state index contributed by atoms with van der Waals surface area (Å²) in [5.41, 5.74) is 2.03. The van der Waals surface area contributed by atoms with Gasteiger partial charge in [0, 0.05) is 28.9 Å². The van der Waals surface area contributed by atoms with Gasteiger partial charge in [-0.05, 0) is 90.3 Å². The van der Waals surface area contributed by atoms with Crippen LogP contribution in [0.5, 0.6) is 5.75 Å². The molecule has 2 saturated carbocycles. The summed E-state index contributed by atoms with van der Waals surface area (Å²) in [6, 6.07) is 4.25. The van der Waals surface area contributed by atoms with Gasteiger partial charge in [0.2, 0.25) is 0 Å². The lowest BCUT2D eigenvalue weighted by Crippen LogP contribution is -2.45. The SMILES string of the molecule is Cc1[nH]c2c(-c3cc(C(F)F)ccc3OCC3CC3)ncnc2c1C(=O)NC1CCC(NC(=O)OC(C)(C)C)CC1. The first-order chi connectivity index (χ1) is 19.5. The molecular weight excluding hydrogens is 532 g/mol. The molecule has 0 spiro atoms. The fourth-order valence-electron chi connectivity index (χ4n) is 5.20. The van der Waals surface area contributed by atoms with Crippen LogP contribution in [0.3, 0.4) is 0 Å². The van der Waals surface area contributed by atoms with Crippen LogP contribution in [-0.4, -0.2) is 51.2 Å². The average molecular weight is 570 g/mol. The second-order valence-electron chi connectivity index (χ2n) is 12.0. The van der Waals surface area contributed by atoms with Crippen molar-refractivity contribution in [3.8, 4) is 17.0 Å². The van der Waals surface area contributed by atoms with Crippen LogP contribution < -0.4 is 15.4 Å². The van der Waals surface area contributed by atoms with E-state index in [9.17, 15) is 18.4 Å². The zero-order chi connectivity index (χ0) is 29.3. The number of halogens is 2. The van der Waals surface area contributed by atoms with E-state index < -0.39 is 18.1 Å². The number of alkyl halides is 2. The molecule has 9 nitrogen and oxygen atoms in total. The molecule has 2 amide bonds. The van der Waals surface area contributed by atoms with E-state index in [1.165, 1.54) is 18.5 Å². The normalized spacial score (nSPS) is 19.3. The van der Waals surface area contributed by atoms with Gasteiger partial charge < -0.3 is 25.1 Å². The lowest BCUT2D eigenvalue weighted by Gasteiger charge is -2.30. The molecule has 2 aliphatic rings. The Morgan fingerprint density at radius 2 is 1.73 bits per heavy atom. The number of rotatable bonds is 8. The summed E-state index contributed by atoms with van der Waals surface area (Å²) in [6.07, 6.45) is 3.29. The summed E-state index contributed by atoms with van der Waals surface area (Å²) in [5.74, 6) is 0.680. The number of alkyl carbamates (subject to hydrolysis) is 1. The minimum atomic E-state index is -2.65. The van der Waals surface area contributed by atoms with Crippen LogP contribution in [0.4, 0.5) is 13.6 Å². The number of carbonyl (C=O) groups excluding carboxylic acids is 2. The Morgan fingerprint density at radius 1 is 1.05 bits per heavy atom. The minimum absolute atomic E-state index is 0.0107. The highest BCUT2D eigenvalue weighted by Gasteiger charge is 2.29. The van der Waals surface area contributed by atoms with E-state index in [2.05, 4.69) is 25.6 Å². The smallest absolute Gasteiger partial charge is 0.407 e. The van der Waals surface area contributed by atoms with Crippen molar-refractivity contribution in [2.45, 2.75) is 90.3 Å². The second-order valence-corrected chi connectivity index (χ2v) is 12.0. The topological polar surface area (TPSA) is 118 Å². The Hall–Kier alpha value is -3.76. The highest BCUT2D eigenvalue weighted by molar-refractivity contribution is 6.09. The number of H-pyrrole nitrogens is 1. The molecular formula is C30H37F2N5O4. The number of aryl methyl sites for hydroxylation is 1. The van der Waals surface area contributed by atoms with Gasteiger partial charge in [0.15, 0.2) is 0 Å². The van der Waals surface area contributed by atoms with Gasteiger partial charge in [-0.3, -0.25) is 4.79 Å². The lowest BCUT2D eigenvalue weighted by atomic mass is 9.91. The highest BCUT2D eigenvalue weighted by Crippen LogP contribution is 2.38. The molecule has 5 rings (SSSR count). The Kier molecular flexibility index (Phi) is 8.15. The van der Waals surface area contributed by atoms with E-state index in [0.29, 0.717) is 77.5 Å². The molecule has 1 aromatic carbocycles. The van der Waals surface area contributed by atoms with Crippen LogP contribution in [0.25, 0.3) is 22.3 Å². The molecule has 3 aromatic rings. The number of hydrogen-bond acceptors (Lipinski definition) is 6.